The van der Waals surface area contributed by atoms with Crippen LogP contribution in [0.5, 0.6) is 0 Å². The van der Waals surface area contributed by atoms with Gasteiger partial charge in [0.1, 0.15) is 11.7 Å². The Labute approximate surface area is 177 Å². The van der Waals surface area contributed by atoms with E-state index in [9.17, 15) is 9.59 Å². The second kappa shape index (κ2) is 10.2. The lowest BCUT2D eigenvalue weighted by molar-refractivity contribution is -0.125. The third kappa shape index (κ3) is 4.96. The Kier molecular flexibility index (Phi) is 7.38. The molecule has 0 saturated heterocycles. The van der Waals surface area contributed by atoms with E-state index in [2.05, 4.69) is 29.2 Å². The molecule has 3 aromatic rings. The molecule has 0 radical (unpaired) electrons. The fourth-order valence-electron chi connectivity index (χ4n) is 3.78. The zero-order chi connectivity index (χ0) is 21.5. The first-order chi connectivity index (χ1) is 14.5. The zero-order valence-corrected chi connectivity index (χ0v) is 18.1. The Morgan fingerprint density at radius 2 is 1.90 bits per heavy atom. The fourth-order valence-corrected chi connectivity index (χ4v) is 3.78. The number of aromatic nitrogens is 4. The lowest BCUT2D eigenvalue weighted by Crippen LogP contribution is -2.33. The van der Waals surface area contributed by atoms with Gasteiger partial charge in [0.05, 0.1) is 19.3 Å². The summed E-state index contributed by atoms with van der Waals surface area (Å²) >= 11 is 0. The second-order valence-corrected chi connectivity index (χ2v) is 7.77. The maximum atomic E-state index is 12.9. The lowest BCUT2D eigenvalue weighted by Gasteiger charge is -2.15. The Bertz CT molecular complexity index is 1050. The van der Waals surface area contributed by atoms with Crippen LogP contribution in [0.25, 0.3) is 11.0 Å². The normalized spacial score (nSPS) is 11.3. The van der Waals surface area contributed by atoms with Crippen LogP contribution < -0.4 is 10.9 Å². The summed E-state index contributed by atoms with van der Waals surface area (Å²) in [6.45, 7) is 7.66. The number of aryl methyl sites for hydroxylation is 1. The van der Waals surface area contributed by atoms with Gasteiger partial charge in [0.2, 0.25) is 5.91 Å². The summed E-state index contributed by atoms with van der Waals surface area (Å²) in [6.07, 6.45) is 6.96. The first-order valence-electron chi connectivity index (χ1n) is 10.8. The number of hydrogen-bond donors (Lipinski definition) is 1. The number of fused-ring (bicyclic) bond motifs is 1. The molecule has 2 aromatic heterocycles. The number of hydrogen-bond acceptors (Lipinski definition) is 4. The molecule has 0 aliphatic carbocycles. The molecule has 1 aromatic carbocycles. The summed E-state index contributed by atoms with van der Waals surface area (Å²) in [7, 11) is 0. The number of nitrogens with zero attached hydrogens (tertiary/aromatic N) is 4. The van der Waals surface area contributed by atoms with Crippen LogP contribution >= 0.6 is 0 Å². The van der Waals surface area contributed by atoms with Crippen LogP contribution in [0, 0.1) is 12.8 Å². The molecule has 0 fully saturated rings. The first-order valence-corrected chi connectivity index (χ1v) is 10.8. The predicted octanol–water partition coefficient (Wildman–Crippen LogP) is 3.28. The molecule has 3 rings (SSSR count). The van der Waals surface area contributed by atoms with E-state index >= 15 is 0 Å². The van der Waals surface area contributed by atoms with E-state index in [0.29, 0.717) is 30.7 Å². The molecule has 2 heterocycles. The number of nitrogens with one attached hydrogen (secondary N) is 1. The van der Waals surface area contributed by atoms with Crippen molar-refractivity contribution in [3.05, 3.63) is 58.3 Å². The summed E-state index contributed by atoms with van der Waals surface area (Å²) in [6, 6.07) is 8.00. The van der Waals surface area contributed by atoms with Gasteiger partial charge < -0.3 is 5.32 Å². The quantitative estimate of drug-likeness (QED) is 0.557. The van der Waals surface area contributed by atoms with Gasteiger partial charge in [-0.2, -0.15) is 5.10 Å². The minimum absolute atomic E-state index is 0.0705. The van der Waals surface area contributed by atoms with Gasteiger partial charge in [-0.25, -0.2) is 9.67 Å². The molecule has 0 atom stereocenters. The molecule has 0 aliphatic rings. The van der Waals surface area contributed by atoms with Gasteiger partial charge >= 0.3 is 0 Å². The summed E-state index contributed by atoms with van der Waals surface area (Å²) in [5.74, 6) is 0.171. The van der Waals surface area contributed by atoms with Crippen LogP contribution in [0.3, 0.4) is 0 Å². The van der Waals surface area contributed by atoms with Crippen LogP contribution in [0.1, 0.15) is 50.7 Å². The number of amides is 1. The van der Waals surface area contributed by atoms with Gasteiger partial charge in [0.25, 0.3) is 5.56 Å². The molecule has 7 nitrogen and oxygen atoms in total. The highest BCUT2D eigenvalue weighted by molar-refractivity contribution is 5.78. The Morgan fingerprint density at radius 3 is 2.60 bits per heavy atom. The molecule has 30 heavy (non-hydrogen) atoms. The van der Waals surface area contributed by atoms with Crippen molar-refractivity contribution in [1.82, 2.24) is 24.6 Å². The van der Waals surface area contributed by atoms with Crippen molar-refractivity contribution in [2.45, 2.75) is 59.5 Å². The number of rotatable bonds is 10. The first kappa shape index (κ1) is 21.7. The molecular formula is C23H31N5O2. The third-order valence-corrected chi connectivity index (χ3v) is 5.49. The molecule has 0 unspecified atom stereocenters. The molecule has 1 N–H and O–H groups in total. The molecule has 0 aliphatic heterocycles. The highest BCUT2D eigenvalue weighted by atomic mass is 16.2. The second-order valence-electron chi connectivity index (χ2n) is 7.77. The molecular weight excluding hydrogens is 378 g/mol. The predicted molar refractivity (Wildman–Crippen MR) is 118 cm³/mol. The Hall–Kier alpha value is -2.96. The average molecular weight is 410 g/mol. The average Bonchev–Trinajstić information content (AvgIpc) is 3.15. The van der Waals surface area contributed by atoms with Crippen molar-refractivity contribution in [3.63, 3.8) is 0 Å². The van der Waals surface area contributed by atoms with Crippen molar-refractivity contribution in [2.75, 3.05) is 6.54 Å². The molecule has 7 heteroatoms. The van der Waals surface area contributed by atoms with Crippen LogP contribution in [0.15, 0.2) is 41.6 Å². The fraction of sp³-hybridized carbons (Fsp3) is 0.478. The molecule has 1 amide bonds. The summed E-state index contributed by atoms with van der Waals surface area (Å²) in [5.41, 5.74) is 2.67. The largest absolute Gasteiger partial charge is 0.354 e. The highest BCUT2D eigenvalue weighted by Gasteiger charge is 2.16. The number of carbonyl (C=O) groups excluding carboxylic acids is 1. The van der Waals surface area contributed by atoms with E-state index in [1.165, 1.54) is 0 Å². The Balaban J connectivity index is 1.68. The van der Waals surface area contributed by atoms with Crippen molar-refractivity contribution >= 4 is 16.9 Å². The smallest absolute Gasteiger partial charge is 0.264 e. The van der Waals surface area contributed by atoms with Gasteiger partial charge in [-0.05, 0) is 30.9 Å². The maximum Gasteiger partial charge on any atom is 0.264 e. The van der Waals surface area contributed by atoms with Gasteiger partial charge in [-0.1, -0.05) is 51.0 Å². The van der Waals surface area contributed by atoms with Gasteiger partial charge in [-0.3, -0.25) is 14.2 Å². The standard InChI is InChI=1S/C23H31N5O2/c1-4-8-18(9-5-2)22(29)24-12-13-28-21-20(14-26-28)23(30)27(16-25-21)15-19-11-7-6-10-17(19)3/h6-7,10-11,14,16,18H,4-5,8-9,12-13,15H2,1-3H3,(H,24,29). The number of carbonyl (C=O) groups is 1. The zero-order valence-electron chi connectivity index (χ0n) is 18.1. The number of benzene rings is 1. The van der Waals surface area contributed by atoms with Crippen LogP contribution in [0.2, 0.25) is 0 Å². The van der Waals surface area contributed by atoms with Crippen LogP contribution in [-0.4, -0.2) is 31.8 Å². The molecule has 0 saturated carbocycles. The van der Waals surface area contributed by atoms with Crippen molar-refractivity contribution in [2.24, 2.45) is 5.92 Å². The monoisotopic (exact) mass is 409 g/mol. The van der Waals surface area contributed by atoms with Crippen LogP contribution in [0.4, 0.5) is 0 Å². The van der Waals surface area contributed by atoms with Crippen molar-refractivity contribution < 1.29 is 4.79 Å². The topological polar surface area (TPSA) is 81.8 Å². The highest BCUT2D eigenvalue weighted by Crippen LogP contribution is 2.14. The van der Waals surface area contributed by atoms with Gasteiger partial charge in [-0.15, -0.1) is 0 Å². The van der Waals surface area contributed by atoms with E-state index in [4.69, 9.17) is 0 Å². The third-order valence-electron chi connectivity index (χ3n) is 5.49. The molecule has 0 spiro atoms. The SMILES string of the molecule is CCCC(CCC)C(=O)NCCn1ncc2c(=O)n(Cc3ccccc3C)cnc21. The summed E-state index contributed by atoms with van der Waals surface area (Å²) in [5, 5.41) is 7.83. The van der Waals surface area contributed by atoms with Crippen LogP contribution in [-0.2, 0) is 17.9 Å². The van der Waals surface area contributed by atoms with E-state index < -0.39 is 0 Å². The molecule has 160 valence electrons. The summed E-state index contributed by atoms with van der Waals surface area (Å²) in [4.78, 5) is 29.7. The minimum atomic E-state index is -0.107. The summed E-state index contributed by atoms with van der Waals surface area (Å²) < 4.78 is 3.29. The van der Waals surface area contributed by atoms with E-state index in [-0.39, 0.29) is 17.4 Å². The van der Waals surface area contributed by atoms with Crippen molar-refractivity contribution in [3.8, 4) is 0 Å². The van der Waals surface area contributed by atoms with Gasteiger partial charge in [0.15, 0.2) is 5.65 Å². The van der Waals surface area contributed by atoms with Gasteiger partial charge in [0, 0.05) is 12.5 Å². The van der Waals surface area contributed by atoms with E-state index in [0.717, 1.165) is 36.8 Å². The Morgan fingerprint density at radius 1 is 1.17 bits per heavy atom. The lowest BCUT2D eigenvalue weighted by atomic mass is 9.97. The van der Waals surface area contributed by atoms with Crippen molar-refractivity contribution in [1.29, 1.82) is 0 Å². The van der Waals surface area contributed by atoms with E-state index in [1.807, 2.05) is 31.2 Å². The minimum Gasteiger partial charge on any atom is -0.354 e. The van der Waals surface area contributed by atoms with E-state index in [1.54, 1.807) is 21.8 Å². The molecule has 0 bridgehead atoms. The maximum absolute atomic E-state index is 12.9.